The fraction of sp³-hybridized carbons (Fsp3) is 1.00. The summed E-state index contributed by atoms with van der Waals surface area (Å²) in [5.41, 5.74) is 0. The largest absolute Gasteiger partial charge is 0.379 e. The average molecular weight is 500 g/mol. The fourth-order valence-electron chi connectivity index (χ4n) is 4.70. The molecule has 212 valence electrons. The molecule has 0 heterocycles. The quantitative estimate of drug-likeness (QED) is 0.0761. The molecular weight excluding hydrogens is 434 g/mol. The van der Waals surface area contributed by atoms with Crippen LogP contribution in [0.4, 0.5) is 0 Å². The van der Waals surface area contributed by atoms with E-state index in [9.17, 15) is 0 Å². The van der Waals surface area contributed by atoms with Gasteiger partial charge in [-0.1, -0.05) is 155 Å². The van der Waals surface area contributed by atoms with Crippen LogP contribution in [0.5, 0.6) is 0 Å². The molecular formula is C31H65NO3. The topological polar surface area (TPSA) is 53.7 Å². The molecule has 0 unspecified atom stereocenters. The van der Waals surface area contributed by atoms with Gasteiger partial charge in [-0.05, 0) is 12.8 Å². The Morgan fingerprint density at radius 3 is 1.14 bits per heavy atom. The maximum absolute atomic E-state index is 5.96. The molecule has 0 aromatic carbocycles. The van der Waals surface area contributed by atoms with Crippen LogP contribution in [-0.4, -0.2) is 32.5 Å². The van der Waals surface area contributed by atoms with E-state index in [4.69, 9.17) is 20.2 Å². The van der Waals surface area contributed by atoms with Gasteiger partial charge in [-0.25, -0.2) is 5.90 Å². The second kappa shape index (κ2) is 31.9. The number of unbranched alkanes of at least 4 members (excludes halogenated alkanes) is 22. The number of rotatable bonds is 31. The van der Waals surface area contributed by atoms with Crippen molar-refractivity contribution in [1.82, 2.24) is 0 Å². The molecule has 2 N–H and O–H groups in total. The van der Waals surface area contributed by atoms with Crippen LogP contribution in [0.15, 0.2) is 0 Å². The summed E-state index contributed by atoms with van der Waals surface area (Å²) in [6.07, 6.45) is 32.7. The van der Waals surface area contributed by atoms with Gasteiger partial charge in [0.05, 0.1) is 13.2 Å². The van der Waals surface area contributed by atoms with Gasteiger partial charge < -0.3 is 14.3 Å². The van der Waals surface area contributed by atoms with Crippen molar-refractivity contribution in [3.05, 3.63) is 0 Å². The van der Waals surface area contributed by atoms with E-state index in [1.807, 2.05) is 0 Å². The molecule has 0 saturated heterocycles. The summed E-state index contributed by atoms with van der Waals surface area (Å²) in [6.45, 7) is 7.18. The van der Waals surface area contributed by atoms with Crippen LogP contribution in [0.25, 0.3) is 0 Å². The van der Waals surface area contributed by atoms with Crippen LogP contribution < -0.4 is 5.90 Å². The van der Waals surface area contributed by atoms with Gasteiger partial charge in [0, 0.05) is 13.2 Å². The molecule has 0 radical (unpaired) electrons. The predicted molar refractivity (Wildman–Crippen MR) is 153 cm³/mol. The maximum Gasteiger partial charge on any atom is 0.106 e. The monoisotopic (exact) mass is 499 g/mol. The highest BCUT2D eigenvalue weighted by Gasteiger charge is 2.09. The second-order valence-corrected chi connectivity index (χ2v) is 10.7. The first kappa shape index (κ1) is 34.8. The van der Waals surface area contributed by atoms with Crippen LogP contribution in [0.3, 0.4) is 0 Å². The Morgan fingerprint density at radius 1 is 0.429 bits per heavy atom. The van der Waals surface area contributed by atoms with Crippen molar-refractivity contribution >= 4 is 0 Å². The molecule has 35 heavy (non-hydrogen) atoms. The summed E-state index contributed by atoms with van der Waals surface area (Å²) in [6, 6.07) is 0. The lowest BCUT2D eigenvalue weighted by Crippen LogP contribution is -2.28. The van der Waals surface area contributed by atoms with Gasteiger partial charge in [0.2, 0.25) is 0 Å². The van der Waals surface area contributed by atoms with Crippen molar-refractivity contribution in [2.45, 2.75) is 174 Å². The molecule has 0 amide bonds. The lowest BCUT2D eigenvalue weighted by molar-refractivity contribution is -0.0619. The molecule has 0 bridgehead atoms. The van der Waals surface area contributed by atoms with Gasteiger partial charge in [-0.3, -0.25) is 0 Å². The van der Waals surface area contributed by atoms with E-state index in [-0.39, 0.29) is 6.10 Å². The zero-order chi connectivity index (χ0) is 25.5. The third kappa shape index (κ3) is 30.0. The van der Waals surface area contributed by atoms with Crippen molar-refractivity contribution < 1.29 is 14.3 Å². The molecule has 0 aromatic heterocycles. The fourth-order valence-corrected chi connectivity index (χ4v) is 4.70. The van der Waals surface area contributed by atoms with E-state index < -0.39 is 0 Å². The number of ether oxygens (including phenoxy) is 2. The van der Waals surface area contributed by atoms with Crippen LogP contribution >= 0.6 is 0 Å². The van der Waals surface area contributed by atoms with E-state index >= 15 is 0 Å². The van der Waals surface area contributed by atoms with Crippen LogP contribution in [0, 0.1) is 0 Å². The molecule has 0 fully saturated rings. The van der Waals surface area contributed by atoms with Crippen LogP contribution in [-0.2, 0) is 14.3 Å². The molecule has 0 saturated carbocycles. The van der Waals surface area contributed by atoms with E-state index in [0.717, 1.165) is 26.1 Å². The Hall–Kier alpha value is -0.160. The Kier molecular flexibility index (Phi) is 31.7. The van der Waals surface area contributed by atoms with E-state index in [2.05, 4.69) is 13.8 Å². The van der Waals surface area contributed by atoms with Gasteiger partial charge in [0.15, 0.2) is 0 Å². The molecule has 1 atom stereocenters. The summed E-state index contributed by atoms with van der Waals surface area (Å²) in [7, 11) is 0. The predicted octanol–water partition coefficient (Wildman–Crippen LogP) is 9.68. The summed E-state index contributed by atoms with van der Waals surface area (Å²) < 4.78 is 11.8. The van der Waals surface area contributed by atoms with E-state index in [1.165, 1.54) is 141 Å². The average Bonchev–Trinajstić information content (AvgIpc) is 2.87. The molecule has 0 aliphatic rings. The Balaban J connectivity index is 3.37. The first-order chi connectivity index (χ1) is 17.3. The SMILES string of the molecule is CCCCCCCCCCCCCCOC[C@@H](CON)OCCCCCCCCCCCCCC. The van der Waals surface area contributed by atoms with Gasteiger partial charge in [0.25, 0.3) is 0 Å². The van der Waals surface area contributed by atoms with Crippen LogP contribution in [0.2, 0.25) is 0 Å². The van der Waals surface area contributed by atoms with Crippen molar-refractivity contribution in [2.75, 3.05) is 26.4 Å². The van der Waals surface area contributed by atoms with Gasteiger partial charge in [0.1, 0.15) is 6.10 Å². The molecule has 0 rings (SSSR count). The zero-order valence-electron chi connectivity index (χ0n) is 24.2. The normalized spacial score (nSPS) is 12.4. The highest BCUT2D eigenvalue weighted by atomic mass is 16.6. The minimum atomic E-state index is -0.0370. The molecule has 0 aromatic rings. The van der Waals surface area contributed by atoms with Gasteiger partial charge in [-0.2, -0.15) is 0 Å². The molecule has 0 spiro atoms. The maximum atomic E-state index is 5.96. The number of nitrogens with two attached hydrogens (primary N) is 1. The van der Waals surface area contributed by atoms with Gasteiger partial charge >= 0.3 is 0 Å². The summed E-state index contributed by atoms with van der Waals surface area (Å²) in [5, 5.41) is 0. The third-order valence-corrected chi connectivity index (χ3v) is 7.08. The number of hydrogen-bond donors (Lipinski definition) is 1. The first-order valence-electron chi connectivity index (χ1n) is 15.9. The summed E-state index contributed by atoms with van der Waals surface area (Å²) >= 11 is 0. The lowest BCUT2D eigenvalue weighted by Gasteiger charge is -2.17. The second-order valence-electron chi connectivity index (χ2n) is 10.7. The standard InChI is InChI=1S/C31H65NO3/c1-3-5-7-9-11-13-15-17-19-21-23-25-27-33-29-31(30-35-32)34-28-26-24-22-20-18-16-14-12-10-8-6-4-2/h31H,3-30,32H2,1-2H3/t31-/m0/s1. The Labute approximate surface area is 220 Å². The minimum absolute atomic E-state index is 0.0370. The van der Waals surface area contributed by atoms with Crippen molar-refractivity contribution in [1.29, 1.82) is 0 Å². The molecule has 0 aliphatic heterocycles. The molecule has 4 nitrogen and oxygen atoms in total. The first-order valence-corrected chi connectivity index (χ1v) is 15.9. The van der Waals surface area contributed by atoms with Crippen molar-refractivity contribution in [3.63, 3.8) is 0 Å². The summed E-state index contributed by atoms with van der Waals surface area (Å²) in [4.78, 5) is 4.83. The minimum Gasteiger partial charge on any atom is -0.379 e. The molecule has 0 aliphatic carbocycles. The Bertz CT molecular complexity index is 367. The molecule has 4 heteroatoms. The Morgan fingerprint density at radius 2 is 0.771 bits per heavy atom. The van der Waals surface area contributed by atoms with E-state index in [0.29, 0.717) is 13.2 Å². The highest BCUT2D eigenvalue weighted by Crippen LogP contribution is 2.13. The van der Waals surface area contributed by atoms with Crippen LogP contribution in [0.1, 0.15) is 168 Å². The highest BCUT2D eigenvalue weighted by molar-refractivity contribution is 4.56. The van der Waals surface area contributed by atoms with E-state index in [1.54, 1.807) is 0 Å². The smallest absolute Gasteiger partial charge is 0.106 e. The van der Waals surface area contributed by atoms with Gasteiger partial charge in [-0.15, -0.1) is 0 Å². The number of hydrogen-bond acceptors (Lipinski definition) is 4. The third-order valence-electron chi connectivity index (χ3n) is 7.08. The van der Waals surface area contributed by atoms with Crippen molar-refractivity contribution in [2.24, 2.45) is 5.90 Å². The lowest BCUT2D eigenvalue weighted by atomic mass is 10.1. The van der Waals surface area contributed by atoms with Crippen molar-refractivity contribution in [3.8, 4) is 0 Å². The summed E-state index contributed by atoms with van der Waals surface area (Å²) in [5.74, 6) is 5.29. The zero-order valence-corrected chi connectivity index (χ0v) is 24.2.